The predicted octanol–water partition coefficient (Wildman–Crippen LogP) is 4.15. The van der Waals surface area contributed by atoms with E-state index in [2.05, 4.69) is 48.1 Å². The molecule has 1 aromatic rings. The first kappa shape index (κ1) is 20.9. The lowest BCUT2D eigenvalue weighted by atomic mass is 9.87. The molecular weight excluding hydrogens is 342 g/mol. The van der Waals surface area contributed by atoms with Gasteiger partial charge in [0.25, 0.3) is 0 Å². The van der Waals surface area contributed by atoms with Crippen LogP contribution in [0, 0.1) is 5.92 Å². The Kier molecular flexibility index (Phi) is 6.57. The van der Waals surface area contributed by atoms with E-state index in [9.17, 15) is 4.79 Å². The number of allylic oxidation sites excluding steroid dienone is 3. The number of alkyl carbamates (subject to hydrolysis) is 1. The van der Waals surface area contributed by atoms with Gasteiger partial charge in [-0.2, -0.15) is 0 Å². The van der Waals surface area contributed by atoms with Gasteiger partial charge in [-0.15, -0.1) is 5.10 Å². The molecule has 1 saturated carbocycles. The van der Waals surface area contributed by atoms with E-state index in [0.29, 0.717) is 17.3 Å². The van der Waals surface area contributed by atoms with Gasteiger partial charge in [-0.25, -0.2) is 9.48 Å². The maximum Gasteiger partial charge on any atom is 0.407 e. The maximum absolute atomic E-state index is 11.8. The van der Waals surface area contributed by atoms with E-state index in [1.165, 1.54) is 5.57 Å². The maximum atomic E-state index is 11.8. The van der Waals surface area contributed by atoms with E-state index in [1.807, 2.05) is 43.8 Å². The van der Waals surface area contributed by atoms with Gasteiger partial charge in [0.15, 0.2) is 0 Å². The summed E-state index contributed by atoms with van der Waals surface area (Å²) in [6.45, 7) is 15.6. The molecule has 0 aliphatic heterocycles. The standard InChI is InChI=1S/C20H31N5O2/c1-13(2)14(3)8-9-17(21-7)18-12-25(24-23-18)16-10-15(11-16)22-19(26)27-20(4,5)6/h8-9,12-13,15-16H,7,10-11H2,1-6H3,(H,22,26)/b14-8+,17-9-. The molecule has 1 heterocycles. The molecule has 2 rings (SSSR count). The Labute approximate surface area is 161 Å². The normalized spacial score (nSPS) is 21.0. The molecule has 1 amide bonds. The Morgan fingerprint density at radius 3 is 2.63 bits per heavy atom. The molecule has 1 N–H and O–H groups in total. The van der Waals surface area contributed by atoms with Crippen LogP contribution in [0.3, 0.4) is 0 Å². The SMILES string of the molecule is C=N/C(=C\C=C(/C)C(C)C)c1cn(C2CC(NC(=O)OC(C)(C)C)C2)nn1. The number of hydrogen-bond donors (Lipinski definition) is 1. The predicted molar refractivity (Wildman–Crippen MR) is 108 cm³/mol. The first-order chi connectivity index (χ1) is 12.6. The number of ether oxygens (including phenoxy) is 1. The summed E-state index contributed by atoms with van der Waals surface area (Å²) in [7, 11) is 0. The number of amides is 1. The van der Waals surface area contributed by atoms with Gasteiger partial charge >= 0.3 is 6.09 Å². The molecule has 27 heavy (non-hydrogen) atoms. The third-order valence-electron chi connectivity index (χ3n) is 4.57. The van der Waals surface area contributed by atoms with Crippen molar-refractivity contribution in [1.82, 2.24) is 20.3 Å². The molecule has 148 valence electrons. The van der Waals surface area contributed by atoms with Crippen molar-refractivity contribution >= 4 is 18.5 Å². The van der Waals surface area contributed by atoms with Gasteiger partial charge in [0.1, 0.15) is 11.3 Å². The van der Waals surface area contributed by atoms with E-state index in [-0.39, 0.29) is 18.2 Å². The Balaban J connectivity index is 1.93. The Hall–Kier alpha value is -2.44. The number of aromatic nitrogens is 3. The molecule has 1 aliphatic rings. The number of carbonyl (C=O) groups is 1. The minimum Gasteiger partial charge on any atom is -0.444 e. The van der Waals surface area contributed by atoms with Crippen LogP contribution < -0.4 is 5.32 Å². The van der Waals surface area contributed by atoms with Crippen LogP contribution >= 0.6 is 0 Å². The highest BCUT2D eigenvalue weighted by molar-refractivity contribution is 5.68. The van der Waals surface area contributed by atoms with Gasteiger partial charge < -0.3 is 10.1 Å². The van der Waals surface area contributed by atoms with Crippen molar-refractivity contribution in [1.29, 1.82) is 0 Å². The number of nitrogens with zero attached hydrogens (tertiary/aromatic N) is 4. The van der Waals surface area contributed by atoms with Gasteiger partial charge in [0, 0.05) is 6.04 Å². The highest BCUT2D eigenvalue weighted by Gasteiger charge is 2.33. The summed E-state index contributed by atoms with van der Waals surface area (Å²) in [4.78, 5) is 15.9. The molecule has 7 nitrogen and oxygen atoms in total. The summed E-state index contributed by atoms with van der Waals surface area (Å²) in [5.74, 6) is 0.479. The van der Waals surface area contributed by atoms with Crippen molar-refractivity contribution in [2.75, 3.05) is 0 Å². The molecule has 0 aromatic carbocycles. The van der Waals surface area contributed by atoms with Crippen molar-refractivity contribution in [3.05, 3.63) is 29.6 Å². The third-order valence-corrected chi connectivity index (χ3v) is 4.57. The van der Waals surface area contributed by atoms with E-state index < -0.39 is 5.60 Å². The van der Waals surface area contributed by atoms with Crippen molar-refractivity contribution in [3.63, 3.8) is 0 Å². The summed E-state index contributed by atoms with van der Waals surface area (Å²) in [5.41, 5.74) is 2.17. The largest absolute Gasteiger partial charge is 0.444 e. The van der Waals surface area contributed by atoms with Crippen LogP contribution in [-0.2, 0) is 4.74 Å². The van der Waals surface area contributed by atoms with Crippen LogP contribution in [0.1, 0.15) is 66.1 Å². The Morgan fingerprint density at radius 2 is 2.07 bits per heavy atom. The molecule has 0 unspecified atom stereocenters. The van der Waals surface area contributed by atoms with Crippen LogP contribution in [0.15, 0.2) is 28.9 Å². The van der Waals surface area contributed by atoms with Crippen LogP contribution in [0.25, 0.3) is 5.70 Å². The number of nitrogens with one attached hydrogen (secondary N) is 1. The van der Waals surface area contributed by atoms with Gasteiger partial charge in [-0.3, -0.25) is 4.99 Å². The lowest BCUT2D eigenvalue weighted by molar-refractivity contribution is 0.0452. The second-order valence-electron chi connectivity index (χ2n) is 8.33. The number of rotatable bonds is 6. The van der Waals surface area contributed by atoms with Crippen LogP contribution in [0.2, 0.25) is 0 Å². The summed E-state index contributed by atoms with van der Waals surface area (Å²) in [6.07, 6.45) is 7.07. The zero-order valence-corrected chi connectivity index (χ0v) is 17.2. The summed E-state index contributed by atoms with van der Waals surface area (Å²) in [6, 6.07) is 0.312. The number of aliphatic imine (C=N–C) groups is 1. The molecule has 1 aliphatic carbocycles. The molecule has 1 aromatic heterocycles. The Bertz CT molecular complexity index is 734. The quantitative estimate of drug-likeness (QED) is 0.600. The van der Waals surface area contributed by atoms with E-state index in [1.54, 1.807) is 0 Å². The van der Waals surface area contributed by atoms with E-state index in [0.717, 1.165) is 12.8 Å². The fourth-order valence-electron chi connectivity index (χ4n) is 2.59. The lowest BCUT2D eigenvalue weighted by Gasteiger charge is -2.35. The van der Waals surface area contributed by atoms with Crippen LogP contribution in [0.4, 0.5) is 4.79 Å². The molecule has 0 radical (unpaired) electrons. The van der Waals surface area contributed by atoms with Crippen molar-refractivity contribution < 1.29 is 9.53 Å². The zero-order chi connectivity index (χ0) is 20.2. The van der Waals surface area contributed by atoms with Gasteiger partial charge in [0.2, 0.25) is 0 Å². The molecule has 0 spiro atoms. The second kappa shape index (κ2) is 8.50. The molecule has 0 saturated heterocycles. The smallest absolute Gasteiger partial charge is 0.407 e. The minimum absolute atomic E-state index is 0.0988. The third kappa shape index (κ3) is 6.05. The van der Waals surface area contributed by atoms with E-state index in [4.69, 9.17) is 4.74 Å². The van der Waals surface area contributed by atoms with Crippen LogP contribution in [-0.4, -0.2) is 39.4 Å². The van der Waals surface area contributed by atoms with Crippen molar-refractivity contribution in [3.8, 4) is 0 Å². The molecular formula is C20H31N5O2. The first-order valence-electron chi connectivity index (χ1n) is 9.36. The fourth-order valence-corrected chi connectivity index (χ4v) is 2.59. The second-order valence-corrected chi connectivity index (χ2v) is 8.33. The van der Waals surface area contributed by atoms with Gasteiger partial charge in [0.05, 0.1) is 17.9 Å². The monoisotopic (exact) mass is 373 g/mol. The summed E-state index contributed by atoms with van der Waals surface area (Å²) in [5, 5.41) is 11.3. The fraction of sp³-hybridized carbons (Fsp3) is 0.600. The van der Waals surface area contributed by atoms with E-state index >= 15 is 0 Å². The van der Waals surface area contributed by atoms with Gasteiger partial charge in [-0.05, 0) is 59.2 Å². The van der Waals surface area contributed by atoms with Gasteiger partial charge in [-0.1, -0.05) is 30.7 Å². The van der Waals surface area contributed by atoms with Crippen molar-refractivity contribution in [2.45, 2.75) is 72.1 Å². The highest BCUT2D eigenvalue weighted by Crippen LogP contribution is 2.32. The molecule has 0 atom stereocenters. The summed E-state index contributed by atoms with van der Waals surface area (Å²) >= 11 is 0. The number of carbonyl (C=O) groups excluding carboxylic acids is 1. The molecule has 0 bridgehead atoms. The van der Waals surface area contributed by atoms with Crippen LogP contribution in [0.5, 0.6) is 0 Å². The number of hydrogen-bond acceptors (Lipinski definition) is 5. The average Bonchev–Trinajstić information content (AvgIpc) is 2.98. The van der Waals surface area contributed by atoms with Crippen molar-refractivity contribution in [2.24, 2.45) is 10.9 Å². The summed E-state index contributed by atoms with van der Waals surface area (Å²) < 4.78 is 7.11. The molecule has 1 fully saturated rings. The lowest BCUT2D eigenvalue weighted by Crippen LogP contribution is -2.46. The zero-order valence-electron chi connectivity index (χ0n) is 17.2. The topological polar surface area (TPSA) is 81.4 Å². The highest BCUT2D eigenvalue weighted by atomic mass is 16.6. The minimum atomic E-state index is -0.489. The first-order valence-corrected chi connectivity index (χ1v) is 9.36. The Morgan fingerprint density at radius 1 is 1.41 bits per heavy atom. The molecule has 7 heteroatoms. The average molecular weight is 374 g/mol.